The number of nitrogens with zero attached hydrogens (tertiary/aromatic N) is 4. The minimum Gasteiger partial charge on any atom is -0.340 e. The normalized spacial score (nSPS) is 16.4. The molecule has 0 unspecified atom stereocenters. The Morgan fingerprint density at radius 1 is 0.950 bits per heavy atom. The van der Waals surface area contributed by atoms with Crippen molar-refractivity contribution < 1.29 is 14.4 Å². The number of likely N-dealkylation sites (tertiary alicyclic amines) is 1. The number of para-hydroxylation sites is 1. The number of anilines is 2. The van der Waals surface area contributed by atoms with Gasteiger partial charge in [0.25, 0.3) is 5.91 Å². The maximum absolute atomic E-state index is 14.0. The van der Waals surface area contributed by atoms with Gasteiger partial charge in [-0.1, -0.05) is 71.7 Å². The summed E-state index contributed by atoms with van der Waals surface area (Å²) in [6, 6.07) is 24.1. The van der Waals surface area contributed by atoms with Crippen LogP contribution >= 0.6 is 23.2 Å². The summed E-state index contributed by atoms with van der Waals surface area (Å²) in [5, 5.41) is 3.68. The minimum atomic E-state index is -0.839. The summed E-state index contributed by atoms with van der Waals surface area (Å²) in [6.07, 6.45) is 0.875. The van der Waals surface area contributed by atoms with Crippen LogP contribution in [-0.4, -0.2) is 71.4 Å². The van der Waals surface area contributed by atoms with Gasteiger partial charge >= 0.3 is 6.03 Å². The highest BCUT2D eigenvalue weighted by atomic mass is 35.5. The van der Waals surface area contributed by atoms with Gasteiger partial charge in [-0.25, -0.2) is 4.79 Å². The SMILES string of the molecule is CN(Cc1ccccc1)C(=O)CN1CN(c2ccccc2)C2(CCN(C(=O)Nc3ccc(Cl)cc3Cl)CC2)C1=O. The molecule has 3 aromatic rings. The Balaban J connectivity index is 1.29. The van der Waals surface area contributed by atoms with Gasteiger partial charge in [-0.3, -0.25) is 9.59 Å². The Morgan fingerprint density at radius 3 is 2.25 bits per heavy atom. The molecule has 0 bridgehead atoms. The number of hydrogen-bond donors (Lipinski definition) is 1. The fourth-order valence-electron chi connectivity index (χ4n) is 5.42. The molecule has 0 atom stereocenters. The van der Waals surface area contributed by atoms with Crippen molar-refractivity contribution in [2.24, 2.45) is 0 Å². The number of halogens is 2. The van der Waals surface area contributed by atoms with Gasteiger partial charge in [0.2, 0.25) is 5.91 Å². The first-order valence-corrected chi connectivity index (χ1v) is 13.9. The Hall–Kier alpha value is -3.75. The van der Waals surface area contributed by atoms with Crippen molar-refractivity contribution in [1.29, 1.82) is 0 Å². The highest BCUT2D eigenvalue weighted by Gasteiger charge is 2.54. The summed E-state index contributed by atoms with van der Waals surface area (Å²) >= 11 is 12.2. The third-order valence-corrected chi connectivity index (χ3v) is 8.19. The predicted molar refractivity (Wildman–Crippen MR) is 157 cm³/mol. The molecule has 10 heteroatoms. The van der Waals surface area contributed by atoms with Crippen molar-refractivity contribution in [1.82, 2.24) is 14.7 Å². The molecule has 1 N–H and O–H groups in total. The molecule has 8 nitrogen and oxygen atoms in total. The van der Waals surface area contributed by atoms with Gasteiger partial charge in [0, 0.05) is 37.4 Å². The van der Waals surface area contributed by atoms with E-state index in [9.17, 15) is 14.4 Å². The summed E-state index contributed by atoms with van der Waals surface area (Å²) in [7, 11) is 1.75. The first-order valence-electron chi connectivity index (χ1n) is 13.2. The standard InChI is InChI=1S/C30H31Cl2N5O3/c1-34(19-22-8-4-2-5-9-22)27(38)20-36-21-37(24-10-6-3-7-11-24)30(28(36)39)14-16-35(17-15-30)29(40)33-26-13-12-23(31)18-25(26)32/h2-13,18H,14-17,19-21H2,1H3,(H,33,40). The molecule has 0 aliphatic carbocycles. The van der Waals surface area contributed by atoms with Crippen LogP contribution in [0.25, 0.3) is 0 Å². The number of benzene rings is 3. The molecule has 1 spiro atoms. The van der Waals surface area contributed by atoms with Gasteiger partial charge < -0.3 is 24.9 Å². The monoisotopic (exact) mass is 579 g/mol. The van der Waals surface area contributed by atoms with E-state index in [1.54, 1.807) is 39.9 Å². The third kappa shape index (κ3) is 5.74. The Morgan fingerprint density at radius 2 is 1.60 bits per heavy atom. The highest BCUT2D eigenvalue weighted by molar-refractivity contribution is 6.36. The number of carbonyl (C=O) groups excluding carboxylic acids is 3. The van der Waals surface area contributed by atoms with Gasteiger partial charge in [-0.2, -0.15) is 0 Å². The predicted octanol–water partition coefficient (Wildman–Crippen LogP) is 5.32. The second-order valence-electron chi connectivity index (χ2n) is 10.2. The largest absolute Gasteiger partial charge is 0.340 e. The molecule has 2 fully saturated rings. The second kappa shape index (κ2) is 11.8. The van der Waals surface area contributed by atoms with E-state index >= 15 is 0 Å². The van der Waals surface area contributed by atoms with Gasteiger partial charge in [0.05, 0.1) is 17.4 Å². The van der Waals surface area contributed by atoms with Crippen LogP contribution in [0.1, 0.15) is 18.4 Å². The smallest absolute Gasteiger partial charge is 0.321 e. The molecule has 2 heterocycles. The van der Waals surface area contributed by atoms with Gasteiger partial charge in [0.15, 0.2) is 0 Å². The van der Waals surface area contributed by atoms with Gasteiger partial charge in [0.1, 0.15) is 12.1 Å². The van der Waals surface area contributed by atoms with Crippen LogP contribution < -0.4 is 10.2 Å². The number of urea groups is 1. The topological polar surface area (TPSA) is 76.2 Å². The van der Waals surface area contributed by atoms with Crippen LogP contribution in [0.3, 0.4) is 0 Å². The molecule has 0 saturated carbocycles. The van der Waals surface area contributed by atoms with Crippen molar-refractivity contribution in [3.05, 3.63) is 94.5 Å². The summed E-state index contributed by atoms with van der Waals surface area (Å²) in [5.41, 5.74) is 1.57. The number of rotatable bonds is 6. The van der Waals surface area contributed by atoms with Gasteiger partial charge in [-0.05, 0) is 48.7 Å². The lowest BCUT2D eigenvalue weighted by molar-refractivity contribution is -0.140. The Bertz CT molecular complexity index is 1380. The van der Waals surface area contributed by atoms with Crippen LogP contribution in [0.15, 0.2) is 78.9 Å². The van der Waals surface area contributed by atoms with E-state index in [0.29, 0.717) is 54.9 Å². The molecular formula is C30H31Cl2N5O3. The molecule has 0 aromatic heterocycles. The van der Waals surface area contributed by atoms with Crippen molar-refractivity contribution in [3.8, 4) is 0 Å². The lowest BCUT2D eigenvalue weighted by Crippen LogP contribution is -2.58. The van der Waals surface area contributed by atoms with Crippen molar-refractivity contribution in [2.45, 2.75) is 24.9 Å². The molecule has 40 heavy (non-hydrogen) atoms. The molecule has 4 amide bonds. The van der Waals surface area contributed by atoms with Crippen molar-refractivity contribution >= 4 is 52.4 Å². The molecule has 2 aliphatic heterocycles. The molecule has 2 saturated heterocycles. The zero-order chi connectivity index (χ0) is 28.3. The number of nitrogens with one attached hydrogen (secondary N) is 1. The van der Waals surface area contributed by atoms with Crippen LogP contribution in [0.4, 0.5) is 16.2 Å². The van der Waals surface area contributed by atoms with Crippen LogP contribution in [0, 0.1) is 0 Å². The molecule has 0 radical (unpaired) electrons. The molecule has 208 valence electrons. The lowest BCUT2D eigenvalue weighted by Gasteiger charge is -2.43. The highest BCUT2D eigenvalue weighted by Crippen LogP contribution is 2.39. The average Bonchev–Trinajstić information content (AvgIpc) is 3.22. The number of likely N-dealkylation sites (N-methyl/N-ethyl adjacent to an activating group) is 1. The number of carbonyl (C=O) groups is 3. The maximum Gasteiger partial charge on any atom is 0.321 e. The summed E-state index contributed by atoms with van der Waals surface area (Å²) in [4.78, 5) is 47.3. The second-order valence-corrected chi connectivity index (χ2v) is 11.1. The molecule has 5 rings (SSSR count). The van der Waals surface area contributed by atoms with E-state index < -0.39 is 5.54 Å². The first-order chi connectivity index (χ1) is 19.3. The van der Waals surface area contributed by atoms with Crippen LogP contribution in [0.5, 0.6) is 0 Å². The van der Waals surface area contributed by atoms with Crippen LogP contribution in [-0.2, 0) is 16.1 Å². The number of amides is 4. The van der Waals surface area contributed by atoms with E-state index in [1.165, 1.54) is 0 Å². The van der Waals surface area contributed by atoms with E-state index in [4.69, 9.17) is 23.2 Å². The maximum atomic E-state index is 14.0. The van der Waals surface area contributed by atoms with Gasteiger partial charge in [-0.15, -0.1) is 0 Å². The Kier molecular flexibility index (Phi) is 8.19. The van der Waals surface area contributed by atoms with Crippen LogP contribution in [0.2, 0.25) is 10.0 Å². The fraction of sp³-hybridized carbons (Fsp3) is 0.300. The lowest BCUT2D eigenvalue weighted by atomic mass is 9.85. The quantitative estimate of drug-likeness (QED) is 0.428. The van der Waals surface area contributed by atoms with E-state index in [2.05, 4.69) is 10.2 Å². The summed E-state index contributed by atoms with van der Waals surface area (Å²) < 4.78 is 0. The zero-order valence-corrected chi connectivity index (χ0v) is 23.7. The molecule has 2 aliphatic rings. The van der Waals surface area contributed by atoms with E-state index in [-0.39, 0.29) is 24.4 Å². The minimum absolute atomic E-state index is 0.00742. The fourth-order valence-corrected chi connectivity index (χ4v) is 5.87. The van der Waals surface area contributed by atoms with Crippen molar-refractivity contribution in [2.75, 3.05) is 43.6 Å². The van der Waals surface area contributed by atoms with Crippen molar-refractivity contribution in [3.63, 3.8) is 0 Å². The van der Waals surface area contributed by atoms with E-state index in [1.807, 2.05) is 60.7 Å². The Labute approximate surface area is 244 Å². The number of hydrogen-bond acceptors (Lipinski definition) is 4. The molecular weight excluding hydrogens is 549 g/mol. The number of piperidine rings is 1. The summed E-state index contributed by atoms with van der Waals surface area (Å²) in [5.74, 6) is -0.211. The van der Waals surface area contributed by atoms with E-state index in [0.717, 1.165) is 11.3 Å². The zero-order valence-electron chi connectivity index (χ0n) is 22.2. The molecule has 3 aromatic carbocycles. The average molecular weight is 581 g/mol. The first kappa shape index (κ1) is 27.8. The summed E-state index contributed by atoms with van der Waals surface area (Å²) in [6.45, 7) is 1.52. The third-order valence-electron chi connectivity index (χ3n) is 7.65.